The number of piperazine rings is 3. The van der Waals surface area contributed by atoms with Gasteiger partial charge in [-0.05, 0) is 152 Å². The number of halogens is 8. The van der Waals surface area contributed by atoms with Crippen molar-refractivity contribution in [2.75, 3.05) is 176 Å². The predicted octanol–water partition coefficient (Wildman–Crippen LogP) is 12.7. The molecule has 3 amide bonds. The Morgan fingerprint density at radius 1 is 0.535 bits per heavy atom. The Kier molecular flexibility index (Phi) is 30.2. The van der Waals surface area contributed by atoms with Crippen LogP contribution < -0.4 is 43.6 Å². The molecule has 6 saturated heterocycles. The molecule has 6 fully saturated rings. The van der Waals surface area contributed by atoms with Crippen LogP contribution in [0.15, 0.2) is 117 Å². The molecule has 3 unspecified atom stereocenters. The number of amides is 3. The summed E-state index contributed by atoms with van der Waals surface area (Å²) in [4.78, 5) is 89.4. The van der Waals surface area contributed by atoms with Crippen LogP contribution in [0.2, 0.25) is 0 Å². The van der Waals surface area contributed by atoms with Gasteiger partial charge in [0.1, 0.15) is 60.0 Å². The van der Waals surface area contributed by atoms with Gasteiger partial charge in [0.15, 0.2) is 0 Å². The molecule has 8 atom stereocenters. The third-order valence-corrected chi connectivity index (χ3v) is 26.3. The number of carbonyl (C=O) groups is 3. The van der Waals surface area contributed by atoms with Crippen molar-refractivity contribution in [3.05, 3.63) is 173 Å². The first-order chi connectivity index (χ1) is 61.7. The molecule has 0 N–H and O–H groups in total. The van der Waals surface area contributed by atoms with Gasteiger partial charge in [-0.2, -0.15) is 67.0 Å². The van der Waals surface area contributed by atoms with Gasteiger partial charge in [-0.3, -0.25) is 29.1 Å². The van der Waals surface area contributed by atoms with Crippen LogP contribution in [0.5, 0.6) is 18.0 Å². The molecule has 0 radical (unpaired) electrons. The molecule has 0 saturated carbocycles. The lowest BCUT2D eigenvalue weighted by Crippen LogP contribution is -2.55. The topological polar surface area (TPSA) is 266 Å². The van der Waals surface area contributed by atoms with Crippen LogP contribution in [0.4, 0.5) is 69.6 Å². The SMILES string of the molecule is C=CC(=O)N1CCN(c2nc(OC[C@@H]3C[C@H](C)CN3C)nc(C)c2CCN(C)c2cccc3ccccc23)CC1CC#N.C=CC(=O)N1CCN(c2nc(OC[C@@]3(C)CCCN3C)nc3c2CCN(c2cccc(F)c2C(F)(F)F)C3)CC1CC#N.C=CC(=O)N1CCN(c2nc(OC[C@H]3C[C@H](C)CN3C)nc3c2CCN(c2cccc(F)c2C(F)(F)F)C3)CC1CC#N. The zero-order chi connectivity index (χ0) is 92.3. The summed E-state index contributed by atoms with van der Waals surface area (Å²) in [5.74, 6) is -0.155. The highest BCUT2D eigenvalue weighted by Gasteiger charge is 2.44. The van der Waals surface area contributed by atoms with E-state index in [-0.39, 0.29) is 104 Å². The first-order valence-corrected chi connectivity index (χ1v) is 44.0. The van der Waals surface area contributed by atoms with Gasteiger partial charge < -0.3 is 58.3 Å². The molecule has 8 aliphatic rings. The lowest BCUT2D eigenvalue weighted by atomic mass is 10.0. The Hall–Kier alpha value is -12.0. The maximum absolute atomic E-state index is 14.4. The number of nitriles is 3. The largest absolute Gasteiger partial charge is 0.462 e. The van der Waals surface area contributed by atoms with Crippen molar-refractivity contribution >= 4 is 63.0 Å². The fourth-order valence-electron chi connectivity index (χ4n) is 19.3. The summed E-state index contributed by atoms with van der Waals surface area (Å²) in [5, 5.41) is 30.9. The van der Waals surface area contributed by atoms with E-state index < -0.39 is 47.2 Å². The second kappa shape index (κ2) is 41.2. The average molecular weight is 1790 g/mol. The van der Waals surface area contributed by atoms with Crippen LogP contribution >= 0.6 is 0 Å². The standard InChI is InChI=1S/C34H43N7O2.2C30H35F4N7O2/c1-6-32(42)41-19-18-40(22-27(41)14-16-35)33-29(15-17-38(4)31-13-9-11-26-10-7-8-12-30(26)31)25(3)36-34(37-33)43-23-28-20-24(2)21-39(28)5;1-4-25(42)41-16-15-40(17-20(41)9-12-35)27-21-10-14-39(24-8-5-7-22(31)26(24)30(32,33)34)18-23(21)36-28(37-27)43-19-29(2)11-6-13-38(29)3;1-4-26(42)41-13-12-40(16-20(41)8-10-35)28-22-9-11-39(25-7-5-6-23(31)27(25)30(32,33)34)17-24(22)36-29(37-28)43-18-21-14-19(2)15-38(21)3/h6-13,24,27-28H,1,14-15,17-23H2,2-5H3;4-5,7-8,20H,1,6,9-11,13-19H2,2-3H3;4-7,19-21H,1,8-9,11-18H2,2-3H3/t24-,27?,28-;20?,29-;19-,20?,21+/m010/s1. The zero-order valence-electron chi connectivity index (χ0n) is 74.5. The number of nitrogens with zero attached hydrogens (tertiary/aromatic N) is 21. The smallest absolute Gasteiger partial charge is 0.421 e. The molecule has 7 aromatic rings. The maximum Gasteiger partial charge on any atom is 0.421 e. The van der Waals surface area contributed by atoms with E-state index in [1.807, 2.05) is 30.8 Å². The third-order valence-electron chi connectivity index (χ3n) is 26.3. The van der Waals surface area contributed by atoms with E-state index in [9.17, 15) is 65.3 Å². The zero-order valence-corrected chi connectivity index (χ0v) is 74.5. The van der Waals surface area contributed by atoms with Crippen molar-refractivity contribution in [1.29, 1.82) is 15.8 Å². The number of likely N-dealkylation sites (N-methyl/N-ethyl adjacent to an activating group) is 4. The van der Waals surface area contributed by atoms with Crippen molar-refractivity contribution in [3.8, 4) is 36.2 Å². The summed E-state index contributed by atoms with van der Waals surface area (Å²) in [6.45, 7) is 28.5. The number of hydrogen-bond acceptors (Lipinski definition) is 24. The number of hydrogen-bond donors (Lipinski definition) is 0. The normalized spacial score (nSPS) is 22.0. The number of alkyl halides is 6. The molecule has 27 nitrogen and oxygen atoms in total. The van der Waals surface area contributed by atoms with E-state index in [1.54, 1.807) is 14.7 Å². The summed E-state index contributed by atoms with van der Waals surface area (Å²) in [6.07, 6.45) is -0.0830. The van der Waals surface area contributed by atoms with Gasteiger partial charge in [-0.25, -0.2) is 13.8 Å². The van der Waals surface area contributed by atoms with Crippen LogP contribution in [0.1, 0.15) is 111 Å². The summed E-state index contributed by atoms with van der Waals surface area (Å²) in [6, 6.07) is 28.2. The third kappa shape index (κ3) is 21.8. The molecule has 129 heavy (non-hydrogen) atoms. The number of anilines is 6. The Balaban J connectivity index is 0.000000165. The quantitative estimate of drug-likeness (QED) is 0.0402. The number of carbonyl (C=O) groups excluding carboxylic acids is 3. The Bertz CT molecular complexity index is 5370. The number of aryl methyl sites for hydroxylation is 1. The molecule has 15 rings (SSSR count). The van der Waals surface area contributed by atoms with E-state index in [2.05, 4.69) is 150 Å². The molecule has 4 aromatic carbocycles. The molecule has 0 spiro atoms. The van der Waals surface area contributed by atoms with E-state index in [0.29, 0.717) is 138 Å². The van der Waals surface area contributed by atoms with Gasteiger partial charge in [-0.1, -0.05) is 82.1 Å². The predicted molar refractivity (Wildman–Crippen MR) is 476 cm³/mol. The summed E-state index contributed by atoms with van der Waals surface area (Å²) in [7, 11) is 8.33. The molecule has 686 valence electrons. The minimum absolute atomic E-state index is 0.00144. The van der Waals surface area contributed by atoms with Crippen molar-refractivity contribution in [2.45, 2.75) is 153 Å². The first kappa shape index (κ1) is 94.6. The van der Waals surface area contributed by atoms with Crippen molar-refractivity contribution < 1.29 is 63.7 Å². The summed E-state index contributed by atoms with van der Waals surface area (Å²) >= 11 is 0. The summed E-state index contributed by atoms with van der Waals surface area (Å²) < 4.78 is 131. The number of benzene rings is 4. The van der Waals surface area contributed by atoms with Crippen LogP contribution in [-0.2, 0) is 59.1 Å². The van der Waals surface area contributed by atoms with Gasteiger partial charge in [0.25, 0.3) is 0 Å². The number of likely N-dealkylation sites (tertiary alicyclic amines) is 3. The average Bonchev–Trinajstić information content (AvgIpc) is 0.948. The van der Waals surface area contributed by atoms with E-state index in [4.69, 9.17) is 34.1 Å². The number of aromatic nitrogens is 6. The van der Waals surface area contributed by atoms with Crippen molar-refractivity contribution in [3.63, 3.8) is 0 Å². The fourth-order valence-corrected chi connectivity index (χ4v) is 19.3. The Morgan fingerprint density at radius 3 is 1.39 bits per heavy atom. The number of fused-ring (bicyclic) bond motifs is 3. The highest BCUT2D eigenvalue weighted by atomic mass is 19.4. The Morgan fingerprint density at radius 2 is 0.961 bits per heavy atom. The second-order valence-electron chi connectivity index (χ2n) is 35.1. The van der Waals surface area contributed by atoms with Gasteiger partial charge in [0, 0.05) is 144 Å². The van der Waals surface area contributed by atoms with Gasteiger partial charge in [0.05, 0.1) is 97.0 Å². The molecule has 0 bridgehead atoms. The summed E-state index contributed by atoms with van der Waals surface area (Å²) in [5.41, 5.74) is 2.34. The maximum atomic E-state index is 14.4. The Labute approximate surface area is 748 Å². The van der Waals surface area contributed by atoms with Crippen molar-refractivity contribution in [2.24, 2.45) is 11.8 Å². The molecule has 11 heterocycles. The van der Waals surface area contributed by atoms with Gasteiger partial charge in [-0.15, -0.1) is 0 Å². The fraction of sp³-hybridized carbons (Fsp3) is 0.511. The van der Waals surface area contributed by atoms with Crippen LogP contribution in [0.25, 0.3) is 10.8 Å². The second-order valence-corrected chi connectivity index (χ2v) is 35.1. The van der Waals surface area contributed by atoms with Gasteiger partial charge in [0.2, 0.25) is 17.7 Å². The highest BCUT2D eigenvalue weighted by Crippen LogP contribution is 2.45. The minimum Gasteiger partial charge on any atom is -0.462 e. The molecule has 35 heteroatoms. The van der Waals surface area contributed by atoms with Crippen LogP contribution in [0, 0.1) is 64.4 Å². The number of ether oxygens (including phenoxy) is 3. The number of rotatable bonds is 24. The molecule has 3 aromatic heterocycles. The van der Waals surface area contributed by atoms with E-state index in [1.165, 1.54) is 68.8 Å². The lowest BCUT2D eigenvalue weighted by Gasteiger charge is -2.42. The molecule has 8 aliphatic heterocycles. The molecular weight excluding hydrogens is 1670 g/mol. The molecule has 0 aliphatic carbocycles. The highest BCUT2D eigenvalue weighted by molar-refractivity contribution is 5.94. The first-order valence-electron chi connectivity index (χ1n) is 44.0. The van der Waals surface area contributed by atoms with Crippen LogP contribution in [0.3, 0.4) is 0 Å². The lowest BCUT2D eigenvalue weighted by molar-refractivity contribution is -0.140. The van der Waals surface area contributed by atoms with Crippen LogP contribution in [-0.4, -0.2) is 259 Å². The molecular formula is C94H113F8N21O6. The van der Waals surface area contributed by atoms with E-state index in [0.717, 1.165) is 98.6 Å². The minimum atomic E-state index is -4.87. The van der Waals surface area contributed by atoms with E-state index >= 15 is 0 Å². The van der Waals surface area contributed by atoms with Crippen molar-refractivity contribution in [1.82, 2.24) is 59.3 Å². The monoisotopic (exact) mass is 1780 g/mol. The van der Waals surface area contributed by atoms with Gasteiger partial charge >= 0.3 is 30.4 Å².